The van der Waals surface area contributed by atoms with Crippen LogP contribution in [0.2, 0.25) is 0 Å². The predicted molar refractivity (Wildman–Crippen MR) is 69.1 cm³/mol. The normalized spacial score (nSPS) is 17.9. The van der Waals surface area contributed by atoms with Gasteiger partial charge in [0.15, 0.2) is 16.4 Å². The summed E-state index contributed by atoms with van der Waals surface area (Å²) < 4.78 is 29.5. The van der Waals surface area contributed by atoms with Gasteiger partial charge in [-0.05, 0) is 50.0 Å². The van der Waals surface area contributed by atoms with Crippen LogP contribution in [-0.4, -0.2) is 9.55 Å². The Morgan fingerprint density at radius 2 is 2.11 bits per heavy atom. The number of aromatic amines is 1. The molecule has 96 valence electrons. The average Bonchev–Trinajstić information content (AvgIpc) is 2.58. The Kier molecular flexibility index (Phi) is 2.73. The van der Waals surface area contributed by atoms with Gasteiger partial charge in [0, 0.05) is 6.04 Å². The number of halogens is 2. The Bertz CT molecular complexity index is 655. The highest BCUT2D eigenvalue weighted by atomic mass is 32.1. The van der Waals surface area contributed by atoms with Crippen LogP contribution in [0, 0.1) is 22.3 Å². The van der Waals surface area contributed by atoms with Crippen molar-refractivity contribution in [1.29, 1.82) is 0 Å². The van der Waals surface area contributed by atoms with Crippen molar-refractivity contribution in [3.05, 3.63) is 28.5 Å². The third-order valence-corrected chi connectivity index (χ3v) is 4.31. The summed E-state index contributed by atoms with van der Waals surface area (Å²) in [6, 6.07) is 2.77. The molecule has 0 saturated heterocycles. The van der Waals surface area contributed by atoms with E-state index in [4.69, 9.17) is 12.2 Å². The van der Waals surface area contributed by atoms with Crippen molar-refractivity contribution in [2.45, 2.75) is 32.2 Å². The van der Waals surface area contributed by atoms with E-state index in [1.807, 2.05) is 6.92 Å². The van der Waals surface area contributed by atoms with Crippen molar-refractivity contribution in [3.8, 4) is 0 Å². The van der Waals surface area contributed by atoms with E-state index in [2.05, 4.69) is 4.98 Å². The fraction of sp³-hybridized carbons (Fsp3) is 0.462. The first kappa shape index (κ1) is 11.8. The van der Waals surface area contributed by atoms with E-state index in [1.165, 1.54) is 12.5 Å². The summed E-state index contributed by atoms with van der Waals surface area (Å²) in [5, 5.41) is 0. The highest BCUT2D eigenvalue weighted by molar-refractivity contribution is 7.71. The van der Waals surface area contributed by atoms with Crippen LogP contribution in [0.3, 0.4) is 0 Å². The van der Waals surface area contributed by atoms with Crippen molar-refractivity contribution in [3.63, 3.8) is 0 Å². The molecule has 0 bridgehead atoms. The molecular weight excluding hydrogens is 254 g/mol. The lowest BCUT2D eigenvalue weighted by atomic mass is 9.80. The summed E-state index contributed by atoms with van der Waals surface area (Å²) in [5.41, 5.74) is 0.824. The molecule has 0 spiro atoms. The third-order valence-electron chi connectivity index (χ3n) is 4.01. The van der Waals surface area contributed by atoms with E-state index in [0.29, 0.717) is 16.2 Å². The minimum Gasteiger partial charge on any atom is -0.330 e. The summed E-state index contributed by atoms with van der Waals surface area (Å²) in [6.45, 7) is 2.03. The molecule has 0 aliphatic heterocycles. The molecule has 1 N–H and O–H groups in total. The first-order valence-corrected chi connectivity index (χ1v) is 6.58. The quantitative estimate of drug-likeness (QED) is 0.804. The van der Waals surface area contributed by atoms with Gasteiger partial charge in [0.1, 0.15) is 5.52 Å². The number of H-pyrrole nitrogens is 1. The number of hydrogen-bond donors (Lipinski definition) is 1. The second-order valence-corrected chi connectivity index (χ2v) is 5.38. The Morgan fingerprint density at radius 1 is 1.39 bits per heavy atom. The van der Waals surface area contributed by atoms with Crippen LogP contribution in [0.4, 0.5) is 8.78 Å². The van der Waals surface area contributed by atoms with Crippen LogP contribution in [0.25, 0.3) is 11.0 Å². The molecule has 1 aromatic carbocycles. The molecule has 1 heterocycles. The minimum absolute atomic E-state index is 0.108. The van der Waals surface area contributed by atoms with Crippen molar-refractivity contribution in [2.24, 2.45) is 5.92 Å². The fourth-order valence-electron chi connectivity index (χ4n) is 2.67. The van der Waals surface area contributed by atoms with Gasteiger partial charge in [-0.3, -0.25) is 0 Å². The van der Waals surface area contributed by atoms with E-state index in [0.717, 1.165) is 18.9 Å². The van der Waals surface area contributed by atoms with Gasteiger partial charge in [-0.1, -0.05) is 6.42 Å². The maximum atomic E-state index is 14.0. The summed E-state index contributed by atoms with van der Waals surface area (Å²) in [5.74, 6) is -1.13. The van der Waals surface area contributed by atoms with Gasteiger partial charge in [-0.2, -0.15) is 0 Å². The lowest BCUT2D eigenvalue weighted by molar-refractivity contribution is 0.224. The lowest BCUT2D eigenvalue weighted by Crippen LogP contribution is -2.23. The Balaban J connectivity index is 2.23. The van der Waals surface area contributed by atoms with Gasteiger partial charge < -0.3 is 9.55 Å². The maximum Gasteiger partial charge on any atom is 0.184 e. The van der Waals surface area contributed by atoms with Crippen LogP contribution in [0.5, 0.6) is 0 Å². The zero-order chi connectivity index (χ0) is 12.9. The Labute approximate surface area is 109 Å². The second kappa shape index (κ2) is 4.16. The smallest absolute Gasteiger partial charge is 0.184 e. The number of benzene rings is 1. The van der Waals surface area contributed by atoms with Gasteiger partial charge in [-0.25, -0.2) is 8.78 Å². The first-order valence-electron chi connectivity index (χ1n) is 6.18. The van der Waals surface area contributed by atoms with Crippen LogP contribution in [0.15, 0.2) is 12.1 Å². The SMILES string of the molecule is CC(C1CCC1)n1c(=S)[nH]c2ccc(F)c(F)c21. The van der Waals surface area contributed by atoms with Gasteiger partial charge in [-0.15, -0.1) is 0 Å². The van der Waals surface area contributed by atoms with E-state index < -0.39 is 11.6 Å². The van der Waals surface area contributed by atoms with Crippen LogP contribution in [-0.2, 0) is 0 Å². The molecule has 1 saturated carbocycles. The predicted octanol–water partition coefficient (Wildman–Crippen LogP) is 4.34. The highest BCUT2D eigenvalue weighted by Crippen LogP contribution is 2.38. The van der Waals surface area contributed by atoms with Gasteiger partial charge in [0.05, 0.1) is 5.52 Å². The molecule has 2 nitrogen and oxygen atoms in total. The molecule has 2 aromatic rings. The standard InChI is InChI=1S/C13H14F2N2S/c1-7(8-3-2-4-8)17-12-10(16-13(17)18)6-5-9(14)11(12)15/h5-8H,2-4H2,1H3,(H,16,18). The van der Waals surface area contributed by atoms with E-state index in [-0.39, 0.29) is 11.6 Å². The average molecular weight is 268 g/mol. The monoisotopic (exact) mass is 268 g/mol. The topological polar surface area (TPSA) is 20.7 Å². The summed E-state index contributed by atoms with van der Waals surface area (Å²) in [4.78, 5) is 2.95. The molecular formula is C13H14F2N2S. The van der Waals surface area contributed by atoms with Crippen LogP contribution in [0.1, 0.15) is 32.2 Å². The molecule has 5 heteroatoms. The fourth-order valence-corrected chi connectivity index (χ4v) is 3.04. The molecule has 1 aromatic heterocycles. The molecule has 0 radical (unpaired) electrons. The van der Waals surface area contributed by atoms with Gasteiger partial charge in [0.2, 0.25) is 0 Å². The molecule has 1 fully saturated rings. The van der Waals surface area contributed by atoms with E-state index >= 15 is 0 Å². The van der Waals surface area contributed by atoms with Crippen molar-refractivity contribution < 1.29 is 8.78 Å². The molecule has 1 unspecified atom stereocenters. The molecule has 3 rings (SSSR count). The molecule has 0 amide bonds. The second-order valence-electron chi connectivity index (χ2n) is 4.99. The molecule has 1 aliphatic carbocycles. The van der Waals surface area contributed by atoms with Gasteiger partial charge in [0.25, 0.3) is 0 Å². The Hall–Kier alpha value is -1.23. The highest BCUT2D eigenvalue weighted by Gasteiger charge is 2.27. The van der Waals surface area contributed by atoms with Crippen LogP contribution >= 0.6 is 12.2 Å². The third kappa shape index (κ3) is 1.61. The first-order chi connectivity index (χ1) is 8.59. The van der Waals surface area contributed by atoms with Crippen molar-refractivity contribution in [1.82, 2.24) is 9.55 Å². The largest absolute Gasteiger partial charge is 0.330 e. The summed E-state index contributed by atoms with van der Waals surface area (Å²) in [7, 11) is 0. The van der Waals surface area contributed by atoms with Gasteiger partial charge >= 0.3 is 0 Å². The number of nitrogens with one attached hydrogen (secondary N) is 1. The minimum atomic E-state index is -0.828. The summed E-state index contributed by atoms with van der Waals surface area (Å²) in [6.07, 6.45) is 3.47. The van der Waals surface area contributed by atoms with Crippen molar-refractivity contribution in [2.75, 3.05) is 0 Å². The molecule has 1 aliphatic rings. The Morgan fingerprint density at radius 3 is 2.72 bits per heavy atom. The molecule has 1 atom stereocenters. The number of hydrogen-bond acceptors (Lipinski definition) is 1. The maximum absolute atomic E-state index is 14.0. The number of aromatic nitrogens is 2. The zero-order valence-electron chi connectivity index (χ0n) is 10.0. The number of nitrogens with zero attached hydrogens (tertiary/aromatic N) is 1. The zero-order valence-corrected chi connectivity index (χ0v) is 10.9. The van der Waals surface area contributed by atoms with E-state index in [9.17, 15) is 8.78 Å². The summed E-state index contributed by atoms with van der Waals surface area (Å²) >= 11 is 5.24. The van der Waals surface area contributed by atoms with Crippen LogP contribution < -0.4 is 0 Å². The van der Waals surface area contributed by atoms with E-state index in [1.54, 1.807) is 4.57 Å². The number of rotatable bonds is 2. The van der Waals surface area contributed by atoms with Crippen molar-refractivity contribution >= 4 is 23.3 Å². The number of imidazole rings is 1. The lowest BCUT2D eigenvalue weighted by Gasteiger charge is -2.32. The molecule has 18 heavy (non-hydrogen) atoms. The number of fused-ring (bicyclic) bond motifs is 1.